The van der Waals surface area contributed by atoms with Crippen molar-refractivity contribution < 1.29 is 0 Å². The highest BCUT2D eigenvalue weighted by Crippen LogP contribution is 2.30. The first-order chi connectivity index (χ1) is 9.56. The molecular weight excluding hydrogens is 288 g/mol. The molecule has 0 atom stereocenters. The van der Waals surface area contributed by atoms with Crippen molar-refractivity contribution in [3.05, 3.63) is 28.8 Å². The van der Waals surface area contributed by atoms with Gasteiger partial charge in [0.05, 0.1) is 5.02 Å². The third kappa shape index (κ3) is 4.35. The van der Waals surface area contributed by atoms with Gasteiger partial charge in [-0.25, -0.2) is 0 Å². The van der Waals surface area contributed by atoms with Crippen LogP contribution >= 0.6 is 23.8 Å². The number of rotatable bonds is 5. The zero-order valence-corrected chi connectivity index (χ0v) is 13.6. The molecular formula is C16H23ClN2S. The van der Waals surface area contributed by atoms with Crippen LogP contribution in [-0.4, -0.2) is 11.5 Å². The highest BCUT2D eigenvalue weighted by atomic mass is 35.5. The van der Waals surface area contributed by atoms with Crippen molar-refractivity contribution in [2.24, 2.45) is 17.6 Å². The van der Waals surface area contributed by atoms with Crippen LogP contribution in [0.1, 0.15) is 44.6 Å². The second kappa shape index (κ2) is 7.28. The van der Waals surface area contributed by atoms with Gasteiger partial charge in [-0.2, -0.15) is 0 Å². The first-order valence-electron chi connectivity index (χ1n) is 7.39. The molecule has 4 heteroatoms. The van der Waals surface area contributed by atoms with Gasteiger partial charge in [0.25, 0.3) is 0 Å². The molecule has 0 aromatic heterocycles. The molecule has 1 aromatic carbocycles. The molecule has 0 unspecified atom stereocenters. The summed E-state index contributed by atoms with van der Waals surface area (Å²) in [6.45, 7) is 3.36. The topological polar surface area (TPSA) is 38.0 Å². The van der Waals surface area contributed by atoms with E-state index in [-0.39, 0.29) is 0 Å². The van der Waals surface area contributed by atoms with E-state index in [1.54, 1.807) is 0 Å². The van der Waals surface area contributed by atoms with E-state index in [0.29, 0.717) is 10.0 Å². The fourth-order valence-corrected chi connectivity index (χ4v) is 3.38. The lowest BCUT2D eigenvalue weighted by Gasteiger charge is -2.26. The molecule has 3 N–H and O–H groups in total. The Morgan fingerprint density at radius 3 is 2.65 bits per heavy atom. The van der Waals surface area contributed by atoms with Gasteiger partial charge in [-0.05, 0) is 36.5 Å². The van der Waals surface area contributed by atoms with Crippen molar-refractivity contribution in [3.8, 4) is 0 Å². The Morgan fingerprint density at radius 2 is 2.05 bits per heavy atom. The van der Waals surface area contributed by atoms with Gasteiger partial charge in [-0.3, -0.25) is 0 Å². The minimum absolute atomic E-state index is 0.345. The van der Waals surface area contributed by atoms with Crippen LogP contribution in [0.4, 0.5) is 5.69 Å². The largest absolute Gasteiger partial charge is 0.389 e. The van der Waals surface area contributed by atoms with Gasteiger partial charge in [0, 0.05) is 17.8 Å². The summed E-state index contributed by atoms with van der Waals surface area (Å²) in [6, 6.07) is 5.78. The van der Waals surface area contributed by atoms with E-state index in [1.165, 1.54) is 32.1 Å². The van der Waals surface area contributed by atoms with Crippen molar-refractivity contribution in [1.29, 1.82) is 0 Å². The van der Waals surface area contributed by atoms with Crippen LogP contribution in [0.15, 0.2) is 18.2 Å². The van der Waals surface area contributed by atoms with E-state index >= 15 is 0 Å². The predicted molar refractivity (Wildman–Crippen MR) is 91.6 cm³/mol. The van der Waals surface area contributed by atoms with E-state index in [9.17, 15) is 0 Å². The number of nitrogens with one attached hydrogen (secondary N) is 1. The lowest BCUT2D eigenvalue weighted by molar-refractivity contribution is 0.282. The Kier molecular flexibility index (Phi) is 5.67. The molecule has 0 radical (unpaired) electrons. The SMILES string of the molecule is CC1CCC(CCNc2ccc(C(N)=S)c(Cl)c2)CC1. The normalized spacial score (nSPS) is 22.5. The van der Waals surface area contributed by atoms with Crippen LogP contribution in [0.25, 0.3) is 0 Å². The summed E-state index contributed by atoms with van der Waals surface area (Å²) in [6.07, 6.45) is 6.77. The summed E-state index contributed by atoms with van der Waals surface area (Å²) in [5.41, 5.74) is 7.38. The van der Waals surface area contributed by atoms with Gasteiger partial charge in [0.2, 0.25) is 0 Å². The van der Waals surface area contributed by atoms with Crippen molar-refractivity contribution in [3.63, 3.8) is 0 Å². The molecule has 1 saturated carbocycles. The van der Waals surface area contributed by atoms with Crippen LogP contribution in [0.5, 0.6) is 0 Å². The fraction of sp³-hybridized carbons (Fsp3) is 0.562. The van der Waals surface area contributed by atoms with Gasteiger partial charge in [0.15, 0.2) is 0 Å². The molecule has 1 aliphatic rings. The molecule has 0 saturated heterocycles. The number of nitrogens with two attached hydrogens (primary N) is 1. The molecule has 2 rings (SSSR count). The summed E-state index contributed by atoms with van der Waals surface area (Å²) in [4.78, 5) is 0.345. The first-order valence-corrected chi connectivity index (χ1v) is 8.18. The second-order valence-electron chi connectivity index (χ2n) is 5.90. The van der Waals surface area contributed by atoms with Crippen LogP contribution in [0.2, 0.25) is 5.02 Å². The Hall–Kier alpha value is -0.800. The maximum atomic E-state index is 6.16. The van der Waals surface area contributed by atoms with E-state index in [4.69, 9.17) is 29.6 Å². The smallest absolute Gasteiger partial charge is 0.105 e. The van der Waals surface area contributed by atoms with Gasteiger partial charge in [0.1, 0.15) is 4.99 Å². The lowest BCUT2D eigenvalue weighted by atomic mass is 9.81. The standard InChI is InChI=1S/C16H23ClN2S/c1-11-2-4-12(5-3-11)8-9-19-13-6-7-14(16(18)20)15(17)10-13/h6-7,10-12,19H,2-5,8-9H2,1H3,(H2,18,20). The molecule has 20 heavy (non-hydrogen) atoms. The third-order valence-electron chi connectivity index (χ3n) is 4.25. The summed E-state index contributed by atoms with van der Waals surface area (Å²) in [5, 5.41) is 4.06. The van der Waals surface area contributed by atoms with Crippen molar-refractivity contribution in [2.45, 2.75) is 39.0 Å². The molecule has 1 aliphatic carbocycles. The van der Waals surface area contributed by atoms with Crippen molar-refractivity contribution in [1.82, 2.24) is 0 Å². The number of halogens is 1. The molecule has 0 bridgehead atoms. The lowest BCUT2D eigenvalue weighted by Crippen LogP contribution is -2.16. The number of anilines is 1. The molecule has 0 spiro atoms. The first kappa shape index (κ1) is 15.6. The summed E-state index contributed by atoms with van der Waals surface area (Å²) >= 11 is 11.1. The average molecular weight is 311 g/mol. The molecule has 2 nitrogen and oxygen atoms in total. The van der Waals surface area contributed by atoms with E-state index < -0.39 is 0 Å². The van der Waals surface area contributed by atoms with Crippen molar-refractivity contribution >= 4 is 34.5 Å². The third-order valence-corrected chi connectivity index (χ3v) is 4.78. The highest BCUT2D eigenvalue weighted by Gasteiger charge is 2.17. The molecule has 0 heterocycles. The summed E-state index contributed by atoms with van der Waals surface area (Å²) in [7, 11) is 0. The van der Waals surface area contributed by atoms with Crippen LogP contribution in [-0.2, 0) is 0 Å². The fourth-order valence-electron chi connectivity index (χ4n) is 2.86. The Balaban J connectivity index is 1.79. The van der Waals surface area contributed by atoms with Crippen LogP contribution in [0.3, 0.4) is 0 Å². The maximum Gasteiger partial charge on any atom is 0.105 e. The number of hydrogen-bond donors (Lipinski definition) is 2. The van der Waals surface area contributed by atoms with Crippen molar-refractivity contribution in [2.75, 3.05) is 11.9 Å². The molecule has 0 amide bonds. The molecule has 1 fully saturated rings. The monoisotopic (exact) mass is 310 g/mol. The number of thiocarbonyl (C=S) groups is 1. The van der Waals surface area contributed by atoms with Gasteiger partial charge < -0.3 is 11.1 Å². The Bertz CT molecular complexity index is 468. The molecule has 1 aromatic rings. The minimum atomic E-state index is 0.345. The second-order valence-corrected chi connectivity index (χ2v) is 6.75. The van der Waals surface area contributed by atoms with E-state index in [0.717, 1.165) is 29.6 Å². The van der Waals surface area contributed by atoms with Gasteiger partial charge in [-0.1, -0.05) is 56.4 Å². The molecule has 0 aliphatic heterocycles. The van der Waals surface area contributed by atoms with E-state index in [1.807, 2.05) is 18.2 Å². The Labute approximate surface area is 132 Å². The molecule has 110 valence electrons. The average Bonchev–Trinajstić information content (AvgIpc) is 2.41. The maximum absolute atomic E-state index is 6.16. The zero-order valence-electron chi connectivity index (χ0n) is 12.0. The van der Waals surface area contributed by atoms with E-state index in [2.05, 4.69) is 12.2 Å². The van der Waals surface area contributed by atoms with Gasteiger partial charge in [-0.15, -0.1) is 0 Å². The Morgan fingerprint density at radius 1 is 1.35 bits per heavy atom. The zero-order chi connectivity index (χ0) is 14.5. The van der Waals surface area contributed by atoms with Gasteiger partial charge >= 0.3 is 0 Å². The minimum Gasteiger partial charge on any atom is -0.389 e. The highest BCUT2D eigenvalue weighted by molar-refractivity contribution is 7.80. The predicted octanol–water partition coefficient (Wildman–Crippen LogP) is 4.60. The van der Waals surface area contributed by atoms with Crippen LogP contribution < -0.4 is 11.1 Å². The number of hydrogen-bond acceptors (Lipinski definition) is 2. The summed E-state index contributed by atoms with van der Waals surface area (Å²) < 4.78 is 0. The van der Waals surface area contributed by atoms with Crippen LogP contribution in [0, 0.1) is 11.8 Å². The quantitative estimate of drug-likeness (QED) is 0.780. The number of benzene rings is 1. The summed E-state index contributed by atoms with van der Waals surface area (Å²) in [5.74, 6) is 1.80.